The fourth-order valence-electron chi connectivity index (χ4n) is 1.32. The minimum atomic E-state index is 0.491. The lowest BCUT2D eigenvalue weighted by molar-refractivity contribution is 0.331. The molecule has 0 fully saturated rings. The van der Waals surface area contributed by atoms with Crippen LogP contribution >= 0.6 is 0 Å². The number of nitrogens with zero attached hydrogens (tertiary/aromatic N) is 1. The van der Waals surface area contributed by atoms with E-state index in [0.717, 1.165) is 16.8 Å². The van der Waals surface area contributed by atoms with Gasteiger partial charge in [-0.2, -0.15) is 0 Å². The second-order valence-corrected chi connectivity index (χ2v) is 2.97. The van der Waals surface area contributed by atoms with Gasteiger partial charge in [-0.25, -0.2) is 4.98 Å². The standard InChI is InChI=1S/C10H12N2O2/c1-7-12-10-8(13-6-5-11)3-2-4-9(10)14-7/h2-4H,5-6,11H2,1H3. The molecule has 2 aromatic rings. The van der Waals surface area contributed by atoms with Gasteiger partial charge in [0.2, 0.25) is 0 Å². The summed E-state index contributed by atoms with van der Waals surface area (Å²) in [7, 11) is 0. The number of para-hydroxylation sites is 1. The molecule has 0 spiro atoms. The Morgan fingerprint density at radius 3 is 3.14 bits per heavy atom. The van der Waals surface area contributed by atoms with E-state index in [4.69, 9.17) is 14.9 Å². The molecule has 2 N–H and O–H groups in total. The Morgan fingerprint density at radius 1 is 1.50 bits per heavy atom. The van der Waals surface area contributed by atoms with Crippen molar-refractivity contribution in [1.82, 2.24) is 4.98 Å². The van der Waals surface area contributed by atoms with Crippen molar-refractivity contribution >= 4 is 11.1 Å². The molecule has 14 heavy (non-hydrogen) atoms. The third kappa shape index (κ3) is 1.56. The van der Waals surface area contributed by atoms with E-state index in [1.54, 1.807) is 0 Å². The van der Waals surface area contributed by atoms with E-state index < -0.39 is 0 Å². The molecular formula is C10H12N2O2. The average Bonchev–Trinajstić information content (AvgIpc) is 2.55. The number of nitrogens with two attached hydrogens (primary N) is 1. The largest absolute Gasteiger partial charge is 0.490 e. The summed E-state index contributed by atoms with van der Waals surface area (Å²) in [5.74, 6) is 1.37. The lowest BCUT2D eigenvalue weighted by Crippen LogP contribution is -2.10. The van der Waals surface area contributed by atoms with E-state index in [1.807, 2.05) is 25.1 Å². The Balaban J connectivity index is 2.42. The first-order chi connectivity index (χ1) is 6.81. The zero-order valence-electron chi connectivity index (χ0n) is 7.99. The number of ether oxygens (including phenoxy) is 1. The monoisotopic (exact) mass is 192 g/mol. The summed E-state index contributed by atoms with van der Waals surface area (Å²) in [6, 6.07) is 5.60. The number of hydrogen-bond donors (Lipinski definition) is 1. The quantitative estimate of drug-likeness (QED) is 0.800. The second kappa shape index (κ2) is 3.67. The van der Waals surface area contributed by atoms with Crippen LogP contribution in [0.15, 0.2) is 22.6 Å². The molecule has 1 aromatic carbocycles. The van der Waals surface area contributed by atoms with E-state index in [-0.39, 0.29) is 0 Å². The molecule has 4 heteroatoms. The van der Waals surface area contributed by atoms with Crippen LogP contribution in [-0.4, -0.2) is 18.1 Å². The molecule has 0 bridgehead atoms. The molecule has 1 heterocycles. The highest BCUT2D eigenvalue weighted by atomic mass is 16.5. The predicted octanol–water partition coefficient (Wildman–Crippen LogP) is 1.47. The first-order valence-corrected chi connectivity index (χ1v) is 4.50. The molecule has 0 atom stereocenters. The molecule has 0 aliphatic rings. The first-order valence-electron chi connectivity index (χ1n) is 4.50. The summed E-state index contributed by atoms with van der Waals surface area (Å²) < 4.78 is 10.8. The number of fused-ring (bicyclic) bond motifs is 1. The van der Waals surface area contributed by atoms with Crippen molar-refractivity contribution < 1.29 is 9.15 Å². The fourth-order valence-corrected chi connectivity index (χ4v) is 1.32. The molecule has 0 saturated heterocycles. The molecule has 0 amide bonds. The molecule has 0 aliphatic carbocycles. The van der Waals surface area contributed by atoms with Crippen LogP contribution in [-0.2, 0) is 0 Å². The van der Waals surface area contributed by atoms with E-state index >= 15 is 0 Å². The Morgan fingerprint density at radius 2 is 2.36 bits per heavy atom. The van der Waals surface area contributed by atoms with Crippen LogP contribution < -0.4 is 10.5 Å². The van der Waals surface area contributed by atoms with Crippen molar-refractivity contribution in [3.05, 3.63) is 24.1 Å². The van der Waals surface area contributed by atoms with Gasteiger partial charge in [-0.1, -0.05) is 6.07 Å². The van der Waals surface area contributed by atoms with Gasteiger partial charge in [0.25, 0.3) is 0 Å². The van der Waals surface area contributed by atoms with Gasteiger partial charge in [-0.15, -0.1) is 0 Å². The number of hydrogen-bond acceptors (Lipinski definition) is 4. The average molecular weight is 192 g/mol. The summed E-state index contributed by atoms with van der Waals surface area (Å²) in [5, 5.41) is 0. The normalized spacial score (nSPS) is 10.7. The third-order valence-corrected chi connectivity index (χ3v) is 1.86. The van der Waals surface area contributed by atoms with E-state index in [2.05, 4.69) is 4.98 Å². The van der Waals surface area contributed by atoms with Crippen LogP contribution in [0.4, 0.5) is 0 Å². The zero-order chi connectivity index (χ0) is 9.97. The SMILES string of the molecule is Cc1nc2c(OCCN)cccc2o1. The zero-order valence-corrected chi connectivity index (χ0v) is 7.99. The lowest BCUT2D eigenvalue weighted by Gasteiger charge is -2.03. The maximum atomic E-state index is 5.43. The number of rotatable bonds is 3. The number of aromatic nitrogens is 1. The van der Waals surface area contributed by atoms with Crippen LogP contribution in [0.3, 0.4) is 0 Å². The minimum absolute atomic E-state index is 0.491. The van der Waals surface area contributed by atoms with Crippen LogP contribution in [0, 0.1) is 6.92 Å². The van der Waals surface area contributed by atoms with Crippen LogP contribution in [0.5, 0.6) is 5.75 Å². The van der Waals surface area contributed by atoms with E-state index in [9.17, 15) is 0 Å². The minimum Gasteiger partial charge on any atom is -0.490 e. The summed E-state index contributed by atoms with van der Waals surface area (Å²) in [6.07, 6.45) is 0. The predicted molar refractivity (Wildman–Crippen MR) is 53.3 cm³/mol. The van der Waals surface area contributed by atoms with Gasteiger partial charge in [0.15, 0.2) is 17.0 Å². The molecule has 4 nitrogen and oxygen atoms in total. The van der Waals surface area contributed by atoms with Gasteiger partial charge in [0.1, 0.15) is 12.4 Å². The molecule has 0 saturated carbocycles. The Kier molecular flexibility index (Phi) is 2.37. The maximum absolute atomic E-state index is 5.43. The van der Waals surface area contributed by atoms with Crippen molar-refractivity contribution in [3.63, 3.8) is 0 Å². The molecule has 0 aliphatic heterocycles. The Bertz CT molecular complexity index is 437. The van der Waals surface area contributed by atoms with Crippen LogP contribution in [0.25, 0.3) is 11.1 Å². The third-order valence-electron chi connectivity index (χ3n) is 1.86. The number of oxazole rings is 1. The van der Waals surface area contributed by atoms with Crippen molar-refractivity contribution in [1.29, 1.82) is 0 Å². The molecule has 0 radical (unpaired) electrons. The Hall–Kier alpha value is -1.55. The van der Waals surface area contributed by atoms with Gasteiger partial charge >= 0.3 is 0 Å². The van der Waals surface area contributed by atoms with Gasteiger partial charge < -0.3 is 14.9 Å². The van der Waals surface area contributed by atoms with Crippen molar-refractivity contribution in [2.75, 3.05) is 13.2 Å². The number of aryl methyl sites for hydroxylation is 1. The Labute approximate surface area is 81.7 Å². The highest BCUT2D eigenvalue weighted by molar-refractivity contribution is 5.79. The van der Waals surface area contributed by atoms with Crippen molar-refractivity contribution in [2.24, 2.45) is 5.73 Å². The first kappa shape index (κ1) is 9.02. The van der Waals surface area contributed by atoms with Crippen molar-refractivity contribution in [2.45, 2.75) is 6.92 Å². The highest BCUT2D eigenvalue weighted by Crippen LogP contribution is 2.25. The summed E-state index contributed by atoms with van der Waals surface area (Å²) >= 11 is 0. The molecule has 0 unspecified atom stereocenters. The highest BCUT2D eigenvalue weighted by Gasteiger charge is 2.07. The number of benzene rings is 1. The van der Waals surface area contributed by atoms with Gasteiger partial charge in [-0.05, 0) is 12.1 Å². The summed E-state index contributed by atoms with van der Waals surface area (Å²) in [5.41, 5.74) is 6.87. The topological polar surface area (TPSA) is 61.3 Å². The molecule has 1 aromatic heterocycles. The van der Waals surface area contributed by atoms with Crippen molar-refractivity contribution in [3.8, 4) is 5.75 Å². The molecule has 2 rings (SSSR count). The molecule has 74 valence electrons. The van der Waals surface area contributed by atoms with E-state index in [0.29, 0.717) is 19.0 Å². The summed E-state index contributed by atoms with van der Waals surface area (Å²) in [6.45, 7) is 2.80. The smallest absolute Gasteiger partial charge is 0.192 e. The van der Waals surface area contributed by atoms with Gasteiger partial charge in [0.05, 0.1) is 0 Å². The van der Waals surface area contributed by atoms with Crippen LogP contribution in [0.1, 0.15) is 5.89 Å². The van der Waals surface area contributed by atoms with Crippen LogP contribution in [0.2, 0.25) is 0 Å². The lowest BCUT2D eigenvalue weighted by atomic mass is 10.3. The van der Waals surface area contributed by atoms with Gasteiger partial charge in [-0.3, -0.25) is 0 Å². The van der Waals surface area contributed by atoms with E-state index in [1.165, 1.54) is 0 Å². The molecular weight excluding hydrogens is 180 g/mol. The second-order valence-electron chi connectivity index (χ2n) is 2.97. The fraction of sp³-hybridized carbons (Fsp3) is 0.300. The van der Waals surface area contributed by atoms with Gasteiger partial charge in [0, 0.05) is 13.5 Å². The summed E-state index contributed by atoms with van der Waals surface area (Å²) in [4.78, 5) is 4.23. The maximum Gasteiger partial charge on any atom is 0.192 e.